The van der Waals surface area contributed by atoms with Gasteiger partial charge in [0.25, 0.3) is 0 Å². The molecular weight excluding hydrogens is 172 g/mol. The number of piperidine rings is 1. The Labute approximate surface area is 89.3 Å². The number of nitrogens with one attached hydrogen (secondary N) is 1. The molecule has 0 atom stereocenters. The van der Waals surface area contributed by atoms with Gasteiger partial charge >= 0.3 is 0 Å². The van der Waals surface area contributed by atoms with Crippen LogP contribution < -0.4 is 5.32 Å². The van der Waals surface area contributed by atoms with Crippen LogP contribution in [0.2, 0.25) is 0 Å². The lowest BCUT2D eigenvalue weighted by atomic mass is 9.78. The van der Waals surface area contributed by atoms with Crippen LogP contribution in [0.5, 0.6) is 0 Å². The zero-order chi connectivity index (χ0) is 11.2. The quantitative estimate of drug-likeness (QED) is 0.637. The highest BCUT2D eigenvalue weighted by Crippen LogP contribution is 2.32. The van der Waals surface area contributed by atoms with Crippen molar-refractivity contribution in [1.82, 2.24) is 5.32 Å². The Morgan fingerprint density at radius 2 is 1.29 bits per heavy atom. The summed E-state index contributed by atoms with van der Waals surface area (Å²) in [5.74, 6) is 0. The minimum atomic E-state index is 0.276. The van der Waals surface area contributed by atoms with Gasteiger partial charge < -0.3 is 9.80 Å². The minimum Gasteiger partial charge on any atom is -0.328 e. The lowest BCUT2D eigenvalue weighted by Crippen LogP contribution is -2.64. The van der Waals surface area contributed by atoms with Gasteiger partial charge in [-0.25, -0.2) is 0 Å². The van der Waals surface area contributed by atoms with Crippen molar-refractivity contribution in [2.75, 3.05) is 21.1 Å². The van der Waals surface area contributed by atoms with Crippen LogP contribution in [0.25, 0.3) is 0 Å². The SMILES string of the molecule is CC1(C)CC([N+](C)(C)C)CC(C)(C)N1. The van der Waals surface area contributed by atoms with E-state index in [-0.39, 0.29) is 11.1 Å². The van der Waals surface area contributed by atoms with Crippen LogP contribution in [0, 0.1) is 0 Å². The first-order chi connectivity index (χ1) is 6.02. The third-order valence-corrected chi connectivity index (χ3v) is 3.26. The number of rotatable bonds is 1. The molecule has 0 unspecified atom stereocenters. The van der Waals surface area contributed by atoms with E-state index in [0.29, 0.717) is 0 Å². The van der Waals surface area contributed by atoms with Gasteiger partial charge in [-0.1, -0.05) is 0 Å². The van der Waals surface area contributed by atoms with Gasteiger partial charge in [-0.2, -0.15) is 0 Å². The summed E-state index contributed by atoms with van der Waals surface area (Å²) < 4.78 is 1.08. The number of hydrogen-bond acceptors (Lipinski definition) is 1. The van der Waals surface area contributed by atoms with Crippen LogP contribution in [-0.4, -0.2) is 42.7 Å². The van der Waals surface area contributed by atoms with Crippen LogP contribution in [0.15, 0.2) is 0 Å². The molecule has 2 heteroatoms. The molecule has 0 radical (unpaired) electrons. The van der Waals surface area contributed by atoms with E-state index in [9.17, 15) is 0 Å². The second-order valence-corrected chi connectivity index (χ2v) is 7.07. The zero-order valence-corrected chi connectivity index (χ0v) is 10.9. The molecule has 0 aromatic heterocycles. The molecule has 14 heavy (non-hydrogen) atoms. The van der Waals surface area contributed by atoms with Gasteiger partial charge in [0.1, 0.15) is 0 Å². The highest BCUT2D eigenvalue weighted by molar-refractivity contribution is 4.97. The fraction of sp³-hybridized carbons (Fsp3) is 1.00. The van der Waals surface area contributed by atoms with Gasteiger partial charge in [0.15, 0.2) is 0 Å². The van der Waals surface area contributed by atoms with E-state index in [1.807, 2.05) is 0 Å². The predicted octanol–water partition coefficient (Wildman–Crippen LogP) is 2.00. The lowest BCUT2D eigenvalue weighted by molar-refractivity contribution is -0.898. The summed E-state index contributed by atoms with van der Waals surface area (Å²) in [5.41, 5.74) is 0.551. The fourth-order valence-electron chi connectivity index (χ4n) is 2.82. The summed E-state index contributed by atoms with van der Waals surface area (Å²) in [5, 5.41) is 3.72. The smallest absolute Gasteiger partial charge is 0.0919 e. The molecule has 0 saturated carbocycles. The van der Waals surface area contributed by atoms with E-state index in [2.05, 4.69) is 54.2 Å². The molecule has 1 heterocycles. The van der Waals surface area contributed by atoms with E-state index in [0.717, 1.165) is 10.5 Å². The Bertz CT molecular complexity index is 195. The third-order valence-electron chi connectivity index (χ3n) is 3.26. The Morgan fingerprint density at radius 3 is 1.57 bits per heavy atom. The van der Waals surface area contributed by atoms with Gasteiger partial charge in [-0.05, 0) is 27.7 Å². The Kier molecular flexibility index (Phi) is 2.75. The van der Waals surface area contributed by atoms with E-state index < -0.39 is 0 Å². The van der Waals surface area contributed by atoms with Crippen molar-refractivity contribution in [3.8, 4) is 0 Å². The van der Waals surface area contributed by atoms with E-state index in [4.69, 9.17) is 0 Å². The molecule has 0 spiro atoms. The third kappa shape index (κ3) is 2.96. The normalized spacial score (nSPS) is 27.6. The number of quaternary nitrogens is 1. The van der Waals surface area contributed by atoms with Crippen LogP contribution in [-0.2, 0) is 0 Å². The summed E-state index contributed by atoms with van der Waals surface area (Å²) in [6, 6.07) is 0.765. The van der Waals surface area contributed by atoms with Crippen molar-refractivity contribution in [2.45, 2.75) is 57.7 Å². The summed E-state index contributed by atoms with van der Waals surface area (Å²) >= 11 is 0. The Balaban J connectivity index is 2.82. The second kappa shape index (κ2) is 3.21. The molecule has 84 valence electrons. The standard InChI is InChI=1S/C12H27N2/c1-11(2)8-10(14(5,6)7)9-12(3,4)13-11/h10,13H,8-9H2,1-7H3/q+1. The Hall–Kier alpha value is -0.0800. The number of nitrogens with zero attached hydrogens (tertiary/aromatic N) is 1. The second-order valence-electron chi connectivity index (χ2n) is 7.07. The molecule has 0 aromatic rings. The maximum Gasteiger partial charge on any atom is 0.0919 e. The highest BCUT2D eigenvalue weighted by Gasteiger charge is 2.42. The topological polar surface area (TPSA) is 12.0 Å². The van der Waals surface area contributed by atoms with Crippen LogP contribution in [0.1, 0.15) is 40.5 Å². The van der Waals surface area contributed by atoms with Gasteiger partial charge in [0.05, 0.1) is 27.2 Å². The average Bonchev–Trinajstić information content (AvgIpc) is 1.76. The maximum atomic E-state index is 3.72. The fourth-order valence-corrected chi connectivity index (χ4v) is 2.82. The van der Waals surface area contributed by atoms with Crippen molar-refractivity contribution in [3.63, 3.8) is 0 Å². The van der Waals surface area contributed by atoms with Crippen molar-refractivity contribution >= 4 is 0 Å². The molecular formula is C12H27N2+. The largest absolute Gasteiger partial charge is 0.328 e. The highest BCUT2D eigenvalue weighted by atomic mass is 15.3. The van der Waals surface area contributed by atoms with E-state index in [1.165, 1.54) is 12.8 Å². The predicted molar refractivity (Wildman–Crippen MR) is 62.3 cm³/mol. The molecule has 2 nitrogen and oxygen atoms in total. The molecule has 0 aromatic carbocycles. The van der Waals surface area contributed by atoms with Gasteiger partial charge in [0, 0.05) is 23.9 Å². The van der Waals surface area contributed by atoms with Gasteiger partial charge in [0.2, 0.25) is 0 Å². The molecule has 1 aliphatic rings. The van der Waals surface area contributed by atoms with Crippen molar-refractivity contribution in [3.05, 3.63) is 0 Å². The molecule has 0 aliphatic carbocycles. The Morgan fingerprint density at radius 1 is 0.929 bits per heavy atom. The minimum absolute atomic E-state index is 0.276. The van der Waals surface area contributed by atoms with Gasteiger partial charge in [-0.3, -0.25) is 0 Å². The lowest BCUT2D eigenvalue weighted by Gasteiger charge is -2.50. The van der Waals surface area contributed by atoms with E-state index in [1.54, 1.807) is 0 Å². The summed E-state index contributed by atoms with van der Waals surface area (Å²) in [4.78, 5) is 0. The first-order valence-corrected chi connectivity index (χ1v) is 5.62. The average molecular weight is 199 g/mol. The molecule has 1 fully saturated rings. The van der Waals surface area contributed by atoms with Gasteiger partial charge in [-0.15, -0.1) is 0 Å². The van der Waals surface area contributed by atoms with Crippen molar-refractivity contribution < 1.29 is 4.48 Å². The first kappa shape index (κ1) is 12.0. The van der Waals surface area contributed by atoms with Crippen molar-refractivity contribution in [2.24, 2.45) is 0 Å². The monoisotopic (exact) mass is 199 g/mol. The molecule has 0 amide bonds. The number of hydrogen-bond donors (Lipinski definition) is 1. The van der Waals surface area contributed by atoms with E-state index >= 15 is 0 Å². The van der Waals surface area contributed by atoms with Crippen molar-refractivity contribution in [1.29, 1.82) is 0 Å². The molecule has 1 saturated heterocycles. The summed E-state index contributed by atoms with van der Waals surface area (Å²) in [6.45, 7) is 9.26. The zero-order valence-electron chi connectivity index (χ0n) is 10.9. The van der Waals surface area contributed by atoms with Crippen LogP contribution in [0.3, 0.4) is 0 Å². The van der Waals surface area contributed by atoms with Crippen LogP contribution in [0.4, 0.5) is 0 Å². The molecule has 1 rings (SSSR count). The maximum absolute atomic E-state index is 3.72. The molecule has 0 bridgehead atoms. The van der Waals surface area contributed by atoms with Crippen LogP contribution >= 0.6 is 0 Å². The summed E-state index contributed by atoms with van der Waals surface area (Å²) in [7, 11) is 6.92. The molecule has 1 N–H and O–H groups in total. The molecule has 1 aliphatic heterocycles. The first-order valence-electron chi connectivity index (χ1n) is 5.62. The summed E-state index contributed by atoms with van der Waals surface area (Å²) in [6.07, 6.45) is 2.53.